The first-order chi connectivity index (χ1) is 12.4. The molecular weight excluding hydrogens is 328 g/mol. The Balaban J connectivity index is 1.76. The van der Waals surface area contributed by atoms with Crippen molar-refractivity contribution < 1.29 is 5.11 Å². The first-order valence-electron chi connectivity index (χ1n) is 11.5. The van der Waals surface area contributed by atoms with Crippen molar-refractivity contribution in [2.75, 3.05) is 0 Å². The number of fused-ring (bicyclic) bond motifs is 5. The van der Waals surface area contributed by atoms with Crippen LogP contribution in [-0.4, -0.2) is 10.7 Å². The van der Waals surface area contributed by atoms with Gasteiger partial charge in [0.05, 0.1) is 5.60 Å². The monoisotopic (exact) mass is 370 g/mol. The summed E-state index contributed by atoms with van der Waals surface area (Å²) in [6.07, 6.45) is 13.4. The molecule has 0 unspecified atom stereocenters. The van der Waals surface area contributed by atoms with Gasteiger partial charge in [0.1, 0.15) is 0 Å². The van der Waals surface area contributed by atoms with Crippen LogP contribution < -0.4 is 0 Å². The summed E-state index contributed by atoms with van der Waals surface area (Å²) in [5.41, 5.74) is 2.21. The van der Waals surface area contributed by atoms with Gasteiger partial charge in [0.15, 0.2) is 0 Å². The van der Waals surface area contributed by atoms with E-state index < -0.39 is 5.60 Å². The highest BCUT2D eigenvalue weighted by Crippen LogP contribution is 2.76. The molecule has 0 aromatic carbocycles. The molecule has 8 atom stereocenters. The molecule has 0 saturated heterocycles. The van der Waals surface area contributed by atoms with Crippen LogP contribution in [0.1, 0.15) is 92.4 Å². The van der Waals surface area contributed by atoms with E-state index in [0.29, 0.717) is 22.2 Å². The van der Waals surface area contributed by atoms with E-state index in [0.717, 1.165) is 24.7 Å². The maximum absolute atomic E-state index is 10.8. The van der Waals surface area contributed by atoms with Gasteiger partial charge >= 0.3 is 0 Å². The summed E-state index contributed by atoms with van der Waals surface area (Å²) in [5.74, 6) is 2.14. The molecule has 1 N–H and O–H groups in total. The minimum atomic E-state index is -0.466. The van der Waals surface area contributed by atoms with Crippen LogP contribution in [0.2, 0.25) is 0 Å². The largest absolute Gasteiger partial charge is 0.390 e. The molecule has 0 bridgehead atoms. The Morgan fingerprint density at radius 2 is 1.59 bits per heavy atom. The van der Waals surface area contributed by atoms with E-state index in [-0.39, 0.29) is 5.41 Å². The minimum absolute atomic E-state index is 0.269. The Morgan fingerprint density at radius 3 is 2.22 bits per heavy atom. The lowest BCUT2D eigenvalue weighted by molar-refractivity contribution is -0.199. The molecule has 0 aliphatic heterocycles. The molecule has 0 aromatic rings. The number of hydrogen-bond acceptors (Lipinski definition) is 1. The molecule has 4 aliphatic rings. The highest BCUT2D eigenvalue weighted by Gasteiger charge is 2.69. The number of allylic oxidation sites excluding steroid dienone is 2. The highest BCUT2D eigenvalue weighted by molar-refractivity contribution is 5.26. The van der Waals surface area contributed by atoms with Gasteiger partial charge < -0.3 is 5.11 Å². The lowest BCUT2D eigenvalue weighted by Crippen LogP contribution is -2.62. The first kappa shape index (κ1) is 19.7. The second-order valence-corrected chi connectivity index (χ2v) is 12.1. The third kappa shape index (κ3) is 2.39. The topological polar surface area (TPSA) is 20.2 Å². The van der Waals surface area contributed by atoms with Gasteiger partial charge in [-0.25, -0.2) is 0 Å². The van der Waals surface area contributed by atoms with Crippen molar-refractivity contribution in [2.24, 2.45) is 39.4 Å². The Morgan fingerprint density at radius 1 is 0.926 bits per heavy atom. The maximum atomic E-state index is 10.8. The van der Waals surface area contributed by atoms with Crippen molar-refractivity contribution in [3.63, 3.8) is 0 Å². The number of hydrogen-bond donors (Lipinski definition) is 1. The second-order valence-electron chi connectivity index (χ2n) is 12.1. The van der Waals surface area contributed by atoms with Crippen LogP contribution in [0.25, 0.3) is 0 Å². The molecule has 4 fully saturated rings. The highest BCUT2D eigenvalue weighted by atomic mass is 16.3. The average Bonchev–Trinajstić information content (AvgIpc) is 2.86. The summed E-state index contributed by atoms with van der Waals surface area (Å²) in [6.45, 7) is 20.9. The van der Waals surface area contributed by atoms with Gasteiger partial charge in [0, 0.05) is 0 Å². The Bertz CT molecular complexity index is 661. The third-order valence-corrected chi connectivity index (χ3v) is 10.6. The summed E-state index contributed by atoms with van der Waals surface area (Å²) < 4.78 is 0. The molecule has 1 nitrogen and oxygen atoms in total. The van der Waals surface area contributed by atoms with E-state index in [9.17, 15) is 5.11 Å². The molecule has 27 heavy (non-hydrogen) atoms. The van der Waals surface area contributed by atoms with E-state index >= 15 is 0 Å². The molecular formula is C26H42O. The lowest BCUT2D eigenvalue weighted by Gasteiger charge is -2.69. The zero-order valence-electron chi connectivity index (χ0n) is 18.5. The number of aliphatic hydroxyl groups is 1. The minimum Gasteiger partial charge on any atom is -0.390 e. The molecule has 4 rings (SSSR count). The zero-order chi connectivity index (χ0) is 19.9. The third-order valence-electron chi connectivity index (χ3n) is 10.6. The molecule has 0 aromatic heterocycles. The van der Waals surface area contributed by atoms with Crippen molar-refractivity contribution in [3.05, 3.63) is 24.8 Å². The number of rotatable bonds is 2. The predicted octanol–water partition coefficient (Wildman–Crippen LogP) is 6.92. The van der Waals surface area contributed by atoms with Gasteiger partial charge in [0.25, 0.3) is 0 Å². The van der Waals surface area contributed by atoms with Crippen LogP contribution in [-0.2, 0) is 0 Å². The Hall–Kier alpha value is -0.560. The first-order valence-corrected chi connectivity index (χ1v) is 11.5. The molecule has 1 heteroatoms. The molecule has 152 valence electrons. The van der Waals surface area contributed by atoms with Gasteiger partial charge in [-0.2, -0.15) is 0 Å². The van der Waals surface area contributed by atoms with Crippen LogP contribution in [0.5, 0.6) is 0 Å². The fourth-order valence-corrected chi connectivity index (χ4v) is 9.60. The molecule has 4 saturated carbocycles. The van der Waals surface area contributed by atoms with Gasteiger partial charge in [-0.3, -0.25) is 0 Å². The lowest BCUT2D eigenvalue weighted by atomic mass is 9.36. The zero-order valence-corrected chi connectivity index (χ0v) is 18.5. The molecule has 0 spiro atoms. The predicted molar refractivity (Wildman–Crippen MR) is 114 cm³/mol. The summed E-state index contributed by atoms with van der Waals surface area (Å²) in [4.78, 5) is 0. The van der Waals surface area contributed by atoms with Crippen LogP contribution in [0, 0.1) is 39.4 Å². The molecule has 4 aliphatic carbocycles. The summed E-state index contributed by atoms with van der Waals surface area (Å²) in [5, 5.41) is 10.8. The van der Waals surface area contributed by atoms with Crippen LogP contribution in [0.15, 0.2) is 24.8 Å². The summed E-state index contributed by atoms with van der Waals surface area (Å²) >= 11 is 0. The average molecular weight is 371 g/mol. The Labute approximate surface area is 167 Å². The van der Waals surface area contributed by atoms with E-state index in [1.54, 1.807) is 0 Å². The van der Waals surface area contributed by atoms with Crippen molar-refractivity contribution in [3.8, 4) is 0 Å². The fourth-order valence-electron chi connectivity index (χ4n) is 9.60. The SMILES string of the molecule is C=C[C@@]12CC[C@H](C(=C)C)[C@@]1(C)CC[C@@]1(C)[C@H]2CC[C@]2(C)C[C@](C)(O)CC[C@@H]21. The van der Waals surface area contributed by atoms with E-state index in [4.69, 9.17) is 0 Å². The summed E-state index contributed by atoms with van der Waals surface area (Å²) in [6, 6.07) is 0. The van der Waals surface area contributed by atoms with Crippen molar-refractivity contribution >= 4 is 0 Å². The van der Waals surface area contributed by atoms with Gasteiger partial charge in [-0.1, -0.05) is 39.0 Å². The summed E-state index contributed by atoms with van der Waals surface area (Å²) in [7, 11) is 0. The van der Waals surface area contributed by atoms with Gasteiger partial charge in [0.2, 0.25) is 0 Å². The second kappa shape index (κ2) is 5.74. The molecule has 0 amide bonds. The quantitative estimate of drug-likeness (QED) is 0.523. The standard InChI is InChI=1S/C26H42O/c1-8-26-14-9-19(18(2)3)25(26,7)16-15-24(6)20-11-13-23(5,27)17-22(20,4)12-10-21(24)26/h8,19-21,27H,1-2,9-17H2,3-7H3/t19-,20+,21-,22-,23-,24-,25-,26+/m1/s1. The van der Waals surface area contributed by atoms with Crippen molar-refractivity contribution in [1.82, 2.24) is 0 Å². The van der Waals surface area contributed by atoms with Crippen molar-refractivity contribution in [2.45, 2.75) is 98.0 Å². The van der Waals surface area contributed by atoms with E-state index in [1.165, 1.54) is 50.5 Å². The molecule has 0 radical (unpaired) electrons. The maximum Gasteiger partial charge on any atom is 0.0625 e. The van der Waals surface area contributed by atoms with Crippen LogP contribution >= 0.6 is 0 Å². The van der Waals surface area contributed by atoms with E-state index in [2.05, 4.69) is 53.9 Å². The Kier molecular flexibility index (Phi) is 4.20. The normalized spacial score (nSPS) is 57.3. The smallest absolute Gasteiger partial charge is 0.0625 e. The van der Waals surface area contributed by atoms with Gasteiger partial charge in [-0.05, 0) is 111 Å². The van der Waals surface area contributed by atoms with E-state index in [1.807, 2.05) is 0 Å². The van der Waals surface area contributed by atoms with Gasteiger partial charge in [-0.15, -0.1) is 6.58 Å². The van der Waals surface area contributed by atoms with Crippen LogP contribution in [0.4, 0.5) is 0 Å². The van der Waals surface area contributed by atoms with Crippen LogP contribution in [0.3, 0.4) is 0 Å². The van der Waals surface area contributed by atoms with Crippen molar-refractivity contribution in [1.29, 1.82) is 0 Å². The molecule has 0 heterocycles. The fraction of sp³-hybridized carbons (Fsp3) is 0.846.